The summed E-state index contributed by atoms with van der Waals surface area (Å²) >= 11 is 0. The summed E-state index contributed by atoms with van der Waals surface area (Å²) in [4.78, 5) is 19.3. The topological polar surface area (TPSA) is 78.4 Å². The predicted octanol–water partition coefficient (Wildman–Crippen LogP) is 1.95. The minimum absolute atomic E-state index is 0.321. The number of hydrogen-bond acceptors (Lipinski definition) is 5. The van der Waals surface area contributed by atoms with Crippen LogP contribution < -0.4 is 10.4 Å². The first kappa shape index (κ1) is 12.4. The molecular formula is C14H14N4O2. The van der Waals surface area contributed by atoms with Crippen molar-refractivity contribution < 1.29 is 9.90 Å². The van der Waals surface area contributed by atoms with E-state index in [1.807, 2.05) is 11.1 Å². The molecule has 0 bridgehead atoms. The van der Waals surface area contributed by atoms with Crippen molar-refractivity contribution in [3.8, 4) is 0 Å². The number of aryl methyl sites for hydroxylation is 1. The first-order chi connectivity index (χ1) is 9.74. The fourth-order valence-corrected chi connectivity index (χ4v) is 2.32. The molecule has 0 spiro atoms. The molecule has 2 heterocycles. The first-order valence-corrected chi connectivity index (χ1v) is 6.41. The second kappa shape index (κ2) is 5.16. The summed E-state index contributed by atoms with van der Waals surface area (Å²) in [7, 11) is 0. The Morgan fingerprint density at radius 2 is 2.10 bits per heavy atom. The second-order valence-corrected chi connectivity index (χ2v) is 4.59. The molecule has 0 fully saturated rings. The summed E-state index contributed by atoms with van der Waals surface area (Å²) in [5.41, 5.74) is 5.48. The number of hydrazine groups is 1. The Morgan fingerprint density at radius 3 is 2.85 bits per heavy atom. The highest BCUT2D eigenvalue weighted by molar-refractivity contribution is 5.88. The summed E-state index contributed by atoms with van der Waals surface area (Å²) in [6.07, 6.45) is 5.18. The average molecular weight is 270 g/mol. The maximum Gasteiger partial charge on any atom is 0.335 e. The number of aromatic nitrogens is 2. The van der Waals surface area contributed by atoms with E-state index in [-0.39, 0.29) is 0 Å². The smallest absolute Gasteiger partial charge is 0.335 e. The second-order valence-electron chi connectivity index (χ2n) is 4.59. The Labute approximate surface area is 116 Å². The molecule has 3 rings (SSSR count). The zero-order chi connectivity index (χ0) is 13.9. The Morgan fingerprint density at radius 1 is 1.30 bits per heavy atom. The number of hydrogen-bond donors (Lipinski definition) is 2. The first-order valence-electron chi connectivity index (χ1n) is 6.41. The van der Waals surface area contributed by atoms with Crippen LogP contribution in [-0.4, -0.2) is 27.6 Å². The predicted molar refractivity (Wildman–Crippen MR) is 74.7 cm³/mol. The Hall–Kier alpha value is -2.63. The van der Waals surface area contributed by atoms with E-state index in [4.69, 9.17) is 5.11 Å². The van der Waals surface area contributed by atoms with E-state index in [1.165, 1.54) is 0 Å². The van der Waals surface area contributed by atoms with Crippen LogP contribution in [-0.2, 0) is 6.42 Å². The molecular weight excluding hydrogens is 256 g/mol. The van der Waals surface area contributed by atoms with Crippen LogP contribution in [0.4, 0.5) is 11.6 Å². The number of carbonyl (C=O) groups is 1. The lowest BCUT2D eigenvalue weighted by atomic mass is 10.0. The van der Waals surface area contributed by atoms with Crippen molar-refractivity contribution in [2.24, 2.45) is 0 Å². The van der Waals surface area contributed by atoms with Gasteiger partial charge in [-0.25, -0.2) is 14.8 Å². The summed E-state index contributed by atoms with van der Waals surface area (Å²) in [5, 5.41) is 11.0. The lowest BCUT2D eigenvalue weighted by molar-refractivity contribution is 0.0697. The van der Waals surface area contributed by atoms with Crippen LogP contribution in [0.15, 0.2) is 36.7 Å². The van der Waals surface area contributed by atoms with Crippen molar-refractivity contribution in [1.29, 1.82) is 0 Å². The molecule has 0 atom stereocenters. The van der Waals surface area contributed by atoms with E-state index in [9.17, 15) is 4.79 Å². The molecule has 0 unspecified atom stereocenters. The third kappa shape index (κ3) is 2.40. The van der Waals surface area contributed by atoms with Crippen molar-refractivity contribution in [3.63, 3.8) is 0 Å². The quantitative estimate of drug-likeness (QED) is 0.887. The highest BCUT2D eigenvalue weighted by atomic mass is 16.4. The molecule has 6 nitrogen and oxygen atoms in total. The average Bonchev–Trinajstić information content (AvgIpc) is 2.48. The molecule has 1 aliphatic rings. The molecule has 1 aromatic carbocycles. The zero-order valence-corrected chi connectivity index (χ0v) is 10.8. The summed E-state index contributed by atoms with van der Waals surface area (Å²) in [6, 6.07) is 6.94. The van der Waals surface area contributed by atoms with E-state index in [0.29, 0.717) is 11.5 Å². The van der Waals surface area contributed by atoms with Gasteiger partial charge in [0.1, 0.15) is 0 Å². The Balaban J connectivity index is 1.88. The van der Waals surface area contributed by atoms with Gasteiger partial charge in [0, 0.05) is 18.9 Å². The van der Waals surface area contributed by atoms with Crippen molar-refractivity contribution in [2.45, 2.75) is 12.8 Å². The summed E-state index contributed by atoms with van der Waals surface area (Å²) < 4.78 is 0. The van der Waals surface area contributed by atoms with Crippen LogP contribution in [0.1, 0.15) is 22.3 Å². The largest absolute Gasteiger partial charge is 0.478 e. The minimum Gasteiger partial charge on any atom is -0.478 e. The van der Waals surface area contributed by atoms with Crippen molar-refractivity contribution >= 4 is 17.6 Å². The lowest BCUT2D eigenvalue weighted by Gasteiger charge is -2.31. The standard InChI is InChI=1S/C14H14N4O2/c19-13(20)11-4-5-12-10(9-11)3-1-8-18(12)17-14-15-6-2-7-16-14/h2,4-7,9H,1,3,8H2,(H,19,20)(H,15,16,17). The van der Waals surface area contributed by atoms with Gasteiger partial charge in [0.15, 0.2) is 0 Å². The molecule has 1 aliphatic heterocycles. The van der Waals surface area contributed by atoms with Crippen LogP contribution in [0.2, 0.25) is 0 Å². The molecule has 0 aliphatic carbocycles. The lowest BCUT2D eigenvalue weighted by Crippen LogP contribution is -2.35. The van der Waals surface area contributed by atoms with E-state index >= 15 is 0 Å². The van der Waals surface area contributed by atoms with Gasteiger partial charge in [-0.15, -0.1) is 0 Å². The number of rotatable bonds is 3. The van der Waals surface area contributed by atoms with Crippen molar-refractivity contribution in [1.82, 2.24) is 9.97 Å². The van der Waals surface area contributed by atoms with Gasteiger partial charge in [0.25, 0.3) is 0 Å². The minimum atomic E-state index is -0.899. The molecule has 0 saturated carbocycles. The van der Waals surface area contributed by atoms with Gasteiger partial charge in [-0.05, 0) is 42.7 Å². The fourth-order valence-electron chi connectivity index (χ4n) is 2.32. The number of anilines is 2. The van der Waals surface area contributed by atoms with Gasteiger partial charge in [-0.3, -0.25) is 10.4 Å². The van der Waals surface area contributed by atoms with Crippen molar-refractivity contribution in [2.75, 3.05) is 17.0 Å². The number of benzene rings is 1. The fraction of sp³-hybridized carbons (Fsp3) is 0.214. The Bertz CT molecular complexity index is 630. The van der Waals surface area contributed by atoms with Gasteiger partial charge in [0.05, 0.1) is 11.3 Å². The van der Waals surface area contributed by atoms with Crippen LogP contribution >= 0.6 is 0 Å². The van der Waals surface area contributed by atoms with Crippen LogP contribution in [0.3, 0.4) is 0 Å². The number of carboxylic acid groups (broad SMARTS) is 1. The third-order valence-electron chi connectivity index (χ3n) is 3.25. The van der Waals surface area contributed by atoms with Crippen LogP contribution in [0.25, 0.3) is 0 Å². The molecule has 0 radical (unpaired) electrons. The number of carboxylic acids is 1. The molecule has 1 aromatic heterocycles. The molecule has 0 saturated heterocycles. The monoisotopic (exact) mass is 270 g/mol. The van der Waals surface area contributed by atoms with Crippen LogP contribution in [0, 0.1) is 0 Å². The molecule has 2 aromatic rings. The summed E-state index contributed by atoms with van der Waals surface area (Å²) in [6.45, 7) is 0.831. The number of nitrogens with one attached hydrogen (secondary N) is 1. The van der Waals surface area contributed by atoms with E-state index in [0.717, 1.165) is 30.6 Å². The summed E-state index contributed by atoms with van der Waals surface area (Å²) in [5.74, 6) is -0.369. The van der Waals surface area contributed by atoms with E-state index in [2.05, 4.69) is 15.4 Å². The van der Waals surface area contributed by atoms with Gasteiger partial charge in [-0.2, -0.15) is 0 Å². The number of nitrogens with zero attached hydrogens (tertiary/aromatic N) is 3. The van der Waals surface area contributed by atoms with Gasteiger partial charge in [-0.1, -0.05) is 0 Å². The highest BCUT2D eigenvalue weighted by Gasteiger charge is 2.19. The molecule has 20 heavy (non-hydrogen) atoms. The van der Waals surface area contributed by atoms with Crippen molar-refractivity contribution in [3.05, 3.63) is 47.8 Å². The third-order valence-corrected chi connectivity index (χ3v) is 3.25. The maximum atomic E-state index is 11.0. The normalized spacial score (nSPS) is 13.7. The maximum absolute atomic E-state index is 11.0. The SMILES string of the molecule is O=C(O)c1ccc2c(c1)CCCN2Nc1ncccn1. The molecule has 102 valence electrons. The van der Waals surface area contributed by atoms with Crippen LogP contribution in [0.5, 0.6) is 0 Å². The highest BCUT2D eigenvalue weighted by Crippen LogP contribution is 2.27. The van der Waals surface area contributed by atoms with Gasteiger partial charge < -0.3 is 5.11 Å². The number of fused-ring (bicyclic) bond motifs is 1. The molecule has 2 N–H and O–H groups in total. The van der Waals surface area contributed by atoms with E-state index in [1.54, 1.807) is 30.6 Å². The van der Waals surface area contributed by atoms with Gasteiger partial charge in [0.2, 0.25) is 5.95 Å². The molecule has 0 amide bonds. The zero-order valence-electron chi connectivity index (χ0n) is 10.8. The molecule has 6 heteroatoms. The number of aromatic carboxylic acids is 1. The van der Waals surface area contributed by atoms with E-state index < -0.39 is 5.97 Å². The van der Waals surface area contributed by atoms with Gasteiger partial charge >= 0.3 is 5.97 Å². The Kier molecular flexibility index (Phi) is 3.20.